The van der Waals surface area contributed by atoms with Gasteiger partial charge in [-0.3, -0.25) is 4.18 Å². The first-order chi connectivity index (χ1) is 6.92. The molecule has 1 rings (SSSR count). The molecule has 0 fully saturated rings. The summed E-state index contributed by atoms with van der Waals surface area (Å²) in [6.07, 6.45) is 1.27. The fraction of sp³-hybridized carbons (Fsp3) is 0.400. The lowest BCUT2D eigenvalue weighted by Gasteiger charge is -2.14. The van der Waals surface area contributed by atoms with Crippen molar-refractivity contribution in [1.29, 1.82) is 0 Å². The molecule has 0 aromatic heterocycles. The van der Waals surface area contributed by atoms with Gasteiger partial charge in [0.1, 0.15) is 6.10 Å². The van der Waals surface area contributed by atoms with Crippen molar-refractivity contribution >= 4 is 26.0 Å². The van der Waals surface area contributed by atoms with Gasteiger partial charge in [0, 0.05) is 4.47 Å². The van der Waals surface area contributed by atoms with Crippen LogP contribution in [0.3, 0.4) is 0 Å². The summed E-state index contributed by atoms with van der Waals surface area (Å²) in [5.41, 5.74) is 0.859. The van der Waals surface area contributed by atoms with Crippen LogP contribution < -0.4 is 0 Å². The van der Waals surface area contributed by atoms with E-state index in [9.17, 15) is 8.42 Å². The molecule has 0 aliphatic carbocycles. The predicted octanol–water partition coefficient (Wildman–Crippen LogP) is 2.88. The fourth-order valence-corrected chi connectivity index (χ4v) is 2.36. The molecule has 0 saturated carbocycles. The highest BCUT2D eigenvalue weighted by atomic mass is 79.9. The Hall–Kier alpha value is -0.390. The Morgan fingerprint density at radius 2 is 2.13 bits per heavy atom. The molecular formula is C10H13BrO3S. The minimum atomic E-state index is -3.41. The summed E-state index contributed by atoms with van der Waals surface area (Å²) in [6.45, 7) is 1.89. The number of hydrogen-bond donors (Lipinski definition) is 0. The fourth-order valence-electron chi connectivity index (χ4n) is 1.28. The summed E-state index contributed by atoms with van der Waals surface area (Å²) in [7, 11) is -3.41. The molecular weight excluding hydrogens is 280 g/mol. The van der Waals surface area contributed by atoms with Crippen molar-refractivity contribution in [2.24, 2.45) is 0 Å². The van der Waals surface area contributed by atoms with E-state index in [1.165, 1.54) is 0 Å². The van der Waals surface area contributed by atoms with Crippen LogP contribution in [0, 0.1) is 0 Å². The number of benzene rings is 1. The molecule has 3 nitrogen and oxygen atoms in total. The Labute approximate surface area is 98.7 Å². The zero-order valence-corrected chi connectivity index (χ0v) is 11.0. The average Bonchev–Trinajstić information content (AvgIpc) is 2.13. The maximum atomic E-state index is 11.0. The summed E-state index contributed by atoms with van der Waals surface area (Å²) in [6, 6.07) is 7.45. The first-order valence-corrected chi connectivity index (χ1v) is 7.17. The van der Waals surface area contributed by atoms with Gasteiger partial charge >= 0.3 is 0 Å². The third-order valence-electron chi connectivity index (χ3n) is 1.88. The highest BCUT2D eigenvalue weighted by molar-refractivity contribution is 9.10. The van der Waals surface area contributed by atoms with Gasteiger partial charge in [0.05, 0.1) is 6.26 Å². The molecule has 0 bridgehead atoms. The van der Waals surface area contributed by atoms with Gasteiger partial charge in [-0.2, -0.15) is 8.42 Å². The standard InChI is InChI=1S/C10H13BrO3S/c1-3-10(14-15(2,12)13)8-5-4-6-9(11)7-8/h4-7,10H,3H2,1-2H3. The van der Waals surface area contributed by atoms with Crippen LogP contribution in [0.1, 0.15) is 25.0 Å². The quantitative estimate of drug-likeness (QED) is 0.802. The van der Waals surface area contributed by atoms with Crippen molar-refractivity contribution in [3.63, 3.8) is 0 Å². The summed E-state index contributed by atoms with van der Waals surface area (Å²) in [5, 5.41) is 0. The minimum Gasteiger partial charge on any atom is -0.262 e. The Kier molecular flexibility index (Phi) is 4.31. The molecule has 0 aliphatic rings. The summed E-state index contributed by atoms with van der Waals surface area (Å²) >= 11 is 3.33. The first kappa shape index (κ1) is 12.7. The molecule has 1 atom stereocenters. The van der Waals surface area contributed by atoms with Gasteiger partial charge in [0.25, 0.3) is 10.1 Å². The van der Waals surface area contributed by atoms with Crippen LogP contribution in [0.25, 0.3) is 0 Å². The lowest BCUT2D eigenvalue weighted by molar-refractivity contribution is 0.211. The highest BCUT2D eigenvalue weighted by Crippen LogP contribution is 2.25. The number of halogens is 1. The predicted molar refractivity (Wildman–Crippen MR) is 63.1 cm³/mol. The topological polar surface area (TPSA) is 43.4 Å². The third kappa shape index (κ3) is 4.32. The Balaban J connectivity index is 2.93. The van der Waals surface area contributed by atoms with Gasteiger partial charge < -0.3 is 0 Å². The van der Waals surface area contributed by atoms with E-state index < -0.39 is 16.2 Å². The minimum absolute atomic E-state index is 0.405. The van der Waals surface area contributed by atoms with Crippen LogP contribution in [-0.2, 0) is 14.3 Å². The van der Waals surface area contributed by atoms with Gasteiger partial charge in [-0.05, 0) is 24.1 Å². The van der Waals surface area contributed by atoms with Crippen LogP contribution in [0.2, 0.25) is 0 Å². The van der Waals surface area contributed by atoms with Gasteiger partial charge in [-0.25, -0.2) is 0 Å². The van der Waals surface area contributed by atoms with Crippen LogP contribution in [-0.4, -0.2) is 14.7 Å². The zero-order valence-electron chi connectivity index (χ0n) is 8.60. The second-order valence-corrected chi connectivity index (χ2v) is 5.77. The van der Waals surface area contributed by atoms with Crippen molar-refractivity contribution in [2.45, 2.75) is 19.4 Å². The molecule has 0 heterocycles. The Morgan fingerprint density at radius 3 is 2.60 bits per heavy atom. The lowest BCUT2D eigenvalue weighted by Crippen LogP contribution is -2.09. The molecule has 0 radical (unpaired) electrons. The molecule has 0 amide bonds. The molecule has 5 heteroatoms. The summed E-state index contributed by atoms with van der Waals surface area (Å²) < 4.78 is 27.9. The molecule has 1 aromatic rings. The van der Waals surface area contributed by atoms with E-state index >= 15 is 0 Å². The van der Waals surface area contributed by atoms with E-state index in [1.54, 1.807) is 0 Å². The first-order valence-electron chi connectivity index (χ1n) is 4.56. The molecule has 0 N–H and O–H groups in total. The van der Waals surface area contributed by atoms with Crippen molar-refractivity contribution in [2.75, 3.05) is 6.26 Å². The molecule has 15 heavy (non-hydrogen) atoms. The molecule has 1 aromatic carbocycles. The average molecular weight is 293 g/mol. The normalized spacial score (nSPS) is 13.8. The van der Waals surface area contributed by atoms with E-state index in [0.29, 0.717) is 6.42 Å². The van der Waals surface area contributed by atoms with E-state index in [1.807, 2.05) is 31.2 Å². The molecule has 1 unspecified atom stereocenters. The highest BCUT2D eigenvalue weighted by Gasteiger charge is 2.15. The summed E-state index contributed by atoms with van der Waals surface area (Å²) in [4.78, 5) is 0. The number of hydrogen-bond acceptors (Lipinski definition) is 3. The molecule has 0 aliphatic heterocycles. The second-order valence-electron chi connectivity index (χ2n) is 3.25. The SMILES string of the molecule is CCC(OS(C)(=O)=O)c1cccc(Br)c1. The monoisotopic (exact) mass is 292 g/mol. The Morgan fingerprint density at radius 1 is 1.47 bits per heavy atom. The van der Waals surface area contributed by atoms with E-state index in [4.69, 9.17) is 4.18 Å². The second kappa shape index (κ2) is 5.09. The van der Waals surface area contributed by atoms with Gasteiger partial charge in [0.15, 0.2) is 0 Å². The van der Waals surface area contributed by atoms with Gasteiger partial charge in [-0.1, -0.05) is 35.0 Å². The van der Waals surface area contributed by atoms with Crippen molar-refractivity contribution in [3.8, 4) is 0 Å². The smallest absolute Gasteiger partial charge is 0.262 e. The maximum absolute atomic E-state index is 11.0. The third-order valence-corrected chi connectivity index (χ3v) is 2.96. The molecule has 84 valence electrons. The van der Waals surface area contributed by atoms with Crippen molar-refractivity contribution < 1.29 is 12.6 Å². The van der Waals surface area contributed by atoms with Crippen LogP contribution in [0.4, 0.5) is 0 Å². The number of rotatable bonds is 4. The van der Waals surface area contributed by atoms with Crippen LogP contribution >= 0.6 is 15.9 Å². The van der Waals surface area contributed by atoms with Crippen LogP contribution in [0.5, 0.6) is 0 Å². The van der Waals surface area contributed by atoms with E-state index in [0.717, 1.165) is 16.3 Å². The largest absolute Gasteiger partial charge is 0.264 e. The van der Waals surface area contributed by atoms with Crippen LogP contribution in [0.15, 0.2) is 28.7 Å². The van der Waals surface area contributed by atoms with Crippen molar-refractivity contribution in [1.82, 2.24) is 0 Å². The zero-order chi connectivity index (χ0) is 11.5. The lowest BCUT2D eigenvalue weighted by atomic mass is 10.1. The Bertz CT molecular complexity index is 428. The molecule has 0 saturated heterocycles. The van der Waals surface area contributed by atoms with Gasteiger partial charge in [0.2, 0.25) is 0 Å². The summed E-state index contributed by atoms with van der Waals surface area (Å²) in [5.74, 6) is 0. The van der Waals surface area contributed by atoms with E-state index in [-0.39, 0.29) is 0 Å². The molecule has 0 spiro atoms. The maximum Gasteiger partial charge on any atom is 0.264 e. The van der Waals surface area contributed by atoms with Gasteiger partial charge in [-0.15, -0.1) is 0 Å². The van der Waals surface area contributed by atoms with E-state index in [2.05, 4.69) is 15.9 Å². The van der Waals surface area contributed by atoms with Crippen molar-refractivity contribution in [3.05, 3.63) is 34.3 Å².